The molecule has 1 N–H and O–H groups in total. The second-order valence-electron chi connectivity index (χ2n) is 5.15. The molecule has 4 nitrogen and oxygen atoms in total. The summed E-state index contributed by atoms with van der Waals surface area (Å²) in [6.07, 6.45) is 1.75. The Labute approximate surface area is 157 Å². The van der Waals surface area contributed by atoms with Crippen LogP contribution in [0.3, 0.4) is 0 Å². The maximum atomic E-state index is 4.52. The van der Waals surface area contributed by atoms with Crippen molar-refractivity contribution in [1.29, 1.82) is 0 Å². The average Bonchev–Trinajstić information content (AvgIpc) is 2.57. The van der Waals surface area contributed by atoms with E-state index in [1.54, 1.807) is 6.21 Å². The number of aromatic nitrogens is 2. The summed E-state index contributed by atoms with van der Waals surface area (Å²) in [4.78, 5) is 9.01. The molecule has 0 unspecified atom stereocenters. The minimum atomic E-state index is 0.661. The molecule has 0 aliphatic carbocycles. The molecule has 3 aromatic rings. The standard InChI is InChI=1S/C18H14Br2N4/c1-12-10-17(24-21-11-13-2-6-15(19)7-3-13)23-18(22-12)14-4-8-16(20)9-5-14/h2-11H,1H3,(H,22,23,24)/b21-11-. The van der Waals surface area contributed by atoms with E-state index in [0.717, 1.165) is 25.8 Å². The molecule has 0 atom stereocenters. The molecule has 24 heavy (non-hydrogen) atoms. The zero-order chi connectivity index (χ0) is 16.9. The number of halogens is 2. The van der Waals surface area contributed by atoms with Crippen molar-refractivity contribution >= 4 is 43.9 Å². The van der Waals surface area contributed by atoms with Crippen LogP contribution in [0, 0.1) is 6.92 Å². The van der Waals surface area contributed by atoms with Crippen molar-refractivity contribution in [3.8, 4) is 11.4 Å². The number of rotatable bonds is 4. The first kappa shape index (κ1) is 16.8. The van der Waals surface area contributed by atoms with Crippen LogP contribution in [0.1, 0.15) is 11.3 Å². The molecule has 1 heterocycles. The van der Waals surface area contributed by atoms with Gasteiger partial charge in [0.1, 0.15) is 0 Å². The van der Waals surface area contributed by atoms with Gasteiger partial charge in [-0.3, -0.25) is 5.43 Å². The van der Waals surface area contributed by atoms with Gasteiger partial charge in [-0.1, -0.05) is 56.1 Å². The fourth-order valence-corrected chi connectivity index (χ4v) is 2.60. The van der Waals surface area contributed by atoms with E-state index < -0.39 is 0 Å². The molecule has 2 aromatic carbocycles. The van der Waals surface area contributed by atoms with E-state index in [-0.39, 0.29) is 0 Å². The lowest BCUT2D eigenvalue weighted by Gasteiger charge is -2.05. The smallest absolute Gasteiger partial charge is 0.161 e. The van der Waals surface area contributed by atoms with E-state index in [0.29, 0.717) is 11.6 Å². The summed E-state index contributed by atoms with van der Waals surface area (Å²) >= 11 is 6.85. The number of anilines is 1. The van der Waals surface area contributed by atoms with Crippen molar-refractivity contribution in [2.24, 2.45) is 5.10 Å². The normalized spacial score (nSPS) is 11.0. The lowest BCUT2D eigenvalue weighted by Crippen LogP contribution is -1.99. The van der Waals surface area contributed by atoms with Crippen molar-refractivity contribution in [2.75, 3.05) is 5.43 Å². The first-order valence-electron chi connectivity index (χ1n) is 7.26. The van der Waals surface area contributed by atoms with Gasteiger partial charge in [0.25, 0.3) is 0 Å². The molecule has 3 rings (SSSR count). The third kappa shape index (κ3) is 4.49. The number of nitrogens with one attached hydrogen (secondary N) is 1. The van der Waals surface area contributed by atoms with Gasteiger partial charge in [0.15, 0.2) is 11.6 Å². The van der Waals surface area contributed by atoms with Gasteiger partial charge in [-0.25, -0.2) is 9.97 Å². The largest absolute Gasteiger partial charge is 0.261 e. The van der Waals surface area contributed by atoms with Crippen LogP contribution in [0.2, 0.25) is 0 Å². The van der Waals surface area contributed by atoms with Gasteiger partial charge >= 0.3 is 0 Å². The molecule has 0 saturated carbocycles. The van der Waals surface area contributed by atoms with Crippen LogP contribution in [0.5, 0.6) is 0 Å². The van der Waals surface area contributed by atoms with Crippen molar-refractivity contribution in [1.82, 2.24) is 9.97 Å². The molecule has 0 radical (unpaired) electrons. The van der Waals surface area contributed by atoms with Gasteiger partial charge < -0.3 is 0 Å². The second-order valence-corrected chi connectivity index (χ2v) is 6.98. The van der Waals surface area contributed by atoms with Crippen molar-refractivity contribution in [2.45, 2.75) is 6.92 Å². The van der Waals surface area contributed by atoms with E-state index in [1.807, 2.05) is 61.5 Å². The molecule has 1 aromatic heterocycles. The molecular weight excluding hydrogens is 432 g/mol. The SMILES string of the molecule is Cc1cc(N/N=C\c2ccc(Br)cc2)nc(-c2ccc(Br)cc2)n1. The van der Waals surface area contributed by atoms with Crippen LogP contribution in [0.25, 0.3) is 11.4 Å². The highest BCUT2D eigenvalue weighted by atomic mass is 79.9. The topological polar surface area (TPSA) is 50.2 Å². The van der Waals surface area contributed by atoms with Crippen molar-refractivity contribution in [3.05, 3.63) is 74.8 Å². The molecule has 120 valence electrons. The van der Waals surface area contributed by atoms with Crippen LogP contribution in [0.15, 0.2) is 68.6 Å². The van der Waals surface area contributed by atoms with Gasteiger partial charge in [0, 0.05) is 26.3 Å². The Kier molecular flexibility index (Phi) is 5.37. The van der Waals surface area contributed by atoms with Crippen LogP contribution >= 0.6 is 31.9 Å². The summed E-state index contributed by atoms with van der Waals surface area (Å²) < 4.78 is 2.06. The van der Waals surface area contributed by atoms with Gasteiger partial charge in [-0.2, -0.15) is 5.10 Å². The Morgan fingerprint density at radius 3 is 2.21 bits per heavy atom. The number of aryl methyl sites for hydroxylation is 1. The zero-order valence-corrected chi connectivity index (χ0v) is 16.0. The highest BCUT2D eigenvalue weighted by molar-refractivity contribution is 9.10. The maximum absolute atomic E-state index is 4.52. The summed E-state index contributed by atoms with van der Waals surface area (Å²) in [5, 5.41) is 4.24. The molecule has 0 aliphatic heterocycles. The zero-order valence-electron chi connectivity index (χ0n) is 12.9. The third-order valence-electron chi connectivity index (χ3n) is 3.22. The minimum absolute atomic E-state index is 0.661. The molecule has 6 heteroatoms. The second kappa shape index (κ2) is 7.68. The van der Waals surface area contributed by atoms with Crippen molar-refractivity contribution < 1.29 is 0 Å². The predicted molar refractivity (Wildman–Crippen MR) is 105 cm³/mol. The minimum Gasteiger partial charge on any atom is -0.261 e. The van der Waals surface area contributed by atoms with Crippen LogP contribution in [0.4, 0.5) is 5.82 Å². The number of hydrogen-bond donors (Lipinski definition) is 1. The molecular formula is C18H14Br2N4. The van der Waals surface area contributed by atoms with E-state index in [1.165, 1.54) is 0 Å². The Morgan fingerprint density at radius 2 is 1.54 bits per heavy atom. The fourth-order valence-electron chi connectivity index (χ4n) is 2.08. The van der Waals surface area contributed by atoms with Gasteiger partial charge in [0.05, 0.1) is 6.21 Å². The fraction of sp³-hybridized carbons (Fsp3) is 0.0556. The van der Waals surface area contributed by atoms with Crippen LogP contribution in [-0.4, -0.2) is 16.2 Å². The van der Waals surface area contributed by atoms with Crippen LogP contribution in [-0.2, 0) is 0 Å². The molecule has 0 fully saturated rings. The van der Waals surface area contributed by atoms with Gasteiger partial charge in [-0.05, 0) is 36.8 Å². The summed E-state index contributed by atoms with van der Waals surface area (Å²) in [5.74, 6) is 1.33. The van der Waals surface area contributed by atoms with Gasteiger partial charge in [-0.15, -0.1) is 0 Å². The predicted octanol–water partition coefficient (Wildman–Crippen LogP) is 5.42. The molecule has 0 aliphatic rings. The lowest BCUT2D eigenvalue weighted by molar-refractivity contribution is 1.10. The summed E-state index contributed by atoms with van der Waals surface area (Å²) in [6, 6.07) is 17.7. The Bertz CT molecular complexity index is 859. The maximum Gasteiger partial charge on any atom is 0.161 e. The van der Waals surface area contributed by atoms with Gasteiger partial charge in [0.2, 0.25) is 0 Å². The molecule has 0 amide bonds. The Balaban J connectivity index is 1.78. The molecule has 0 spiro atoms. The molecule has 0 bridgehead atoms. The Hall–Kier alpha value is -2.05. The third-order valence-corrected chi connectivity index (χ3v) is 4.28. The lowest BCUT2D eigenvalue weighted by atomic mass is 10.2. The van der Waals surface area contributed by atoms with E-state index in [9.17, 15) is 0 Å². The summed E-state index contributed by atoms with van der Waals surface area (Å²) in [5.41, 5.74) is 5.81. The molecule has 0 saturated heterocycles. The van der Waals surface area contributed by atoms with Crippen molar-refractivity contribution in [3.63, 3.8) is 0 Å². The quantitative estimate of drug-likeness (QED) is 0.430. The number of benzene rings is 2. The van der Waals surface area contributed by atoms with Crippen LogP contribution < -0.4 is 5.43 Å². The number of hydrazone groups is 1. The monoisotopic (exact) mass is 444 g/mol. The number of hydrogen-bond acceptors (Lipinski definition) is 4. The first-order chi connectivity index (χ1) is 11.6. The van der Waals surface area contributed by atoms with E-state index in [2.05, 4.69) is 52.4 Å². The first-order valence-corrected chi connectivity index (χ1v) is 8.85. The van der Waals surface area contributed by atoms with E-state index in [4.69, 9.17) is 0 Å². The van der Waals surface area contributed by atoms with E-state index >= 15 is 0 Å². The Morgan fingerprint density at radius 1 is 0.917 bits per heavy atom. The summed E-state index contributed by atoms with van der Waals surface area (Å²) in [7, 11) is 0. The average molecular weight is 446 g/mol. The summed E-state index contributed by atoms with van der Waals surface area (Å²) in [6.45, 7) is 1.94. The number of nitrogens with zero attached hydrogens (tertiary/aromatic N) is 3. The highest BCUT2D eigenvalue weighted by Crippen LogP contribution is 2.20. The highest BCUT2D eigenvalue weighted by Gasteiger charge is 2.04.